The molecule has 9 heteroatoms. The summed E-state index contributed by atoms with van der Waals surface area (Å²) in [5.41, 5.74) is 0. The molecule has 0 spiro atoms. The van der Waals surface area contributed by atoms with Crippen LogP contribution in [0.5, 0.6) is 0 Å². The number of amides is 1. The number of carbonyl (C=O) groups excluding carboxylic acids is 1. The van der Waals surface area contributed by atoms with Crippen molar-refractivity contribution in [1.29, 1.82) is 0 Å². The van der Waals surface area contributed by atoms with E-state index in [0.717, 1.165) is 12.8 Å². The van der Waals surface area contributed by atoms with Gasteiger partial charge in [-0.25, -0.2) is 8.42 Å². The van der Waals surface area contributed by atoms with E-state index in [4.69, 9.17) is 9.15 Å². The number of ether oxygens (including phenoxy) is 1. The van der Waals surface area contributed by atoms with Crippen molar-refractivity contribution in [3.63, 3.8) is 0 Å². The van der Waals surface area contributed by atoms with Gasteiger partial charge < -0.3 is 9.15 Å². The highest BCUT2D eigenvalue weighted by Gasteiger charge is 2.25. The van der Waals surface area contributed by atoms with Crippen LogP contribution in [0.25, 0.3) is 0 Å². The fraction of sp³-hybridized carbons (Fsp3) is 0.357. The minimum absolute atomic E-state index is 0.0840. The third kappa shape index (κ3) is 3.74. The summed E-state index contributed by atoms with van der Waals surface area (Å²) < 4.78 is 34.9. The standard InChI is InChI=1S/C14H15N3O5S/c18-12(9-23(19,20)10-5-2-1-3-6-10)15-14-17-16-13(22-14)11-7-4-8-21-11/h1-3,5-6,11H,4,7-9H2,(H,15,17,18). The average molecular weight is 337 g/mol. The number of carbonyl (C=O) groups is 1. The van der Waals surface area contributed by atoms with Crippen LogP contribution in [0.15, 0.2) is 39.6 Å². The molecule has 0 saturated carbocycles. The molecule has 122 valence electrons. The number of rotatable bonds is 5. The molecule has 2 heterocycles. The van der Waals surface area contributed by atoms with Crippen LogP contribution in [0.2, 0.25) is 0 Å². The number of nitrogens with one attached hydrogen (secondary N) is 1. The van der Waals surface area contributed by atoms with E-state index in [1.165, 1.54) is 12.1 Å². The van der Waals surface area contributed by atoms with Crippen LogP contribution < -0.4 is 5.32 Å². The number of nitrogens with zero attached hydrogens (tertiary/aromatic N) is 2. The summed E-state index contributed by atoms with van der Waals surface area (Å²) in [6.45, 7) is 0.629. The Kier molecular flexibility index (Phi) is 4.39. The summed E-state index contributed by atoms with van der Waals surface area (Å²) in [5, 5.41) is 9.78. The highest BCUT2D eigenvalue weighted by molar-refractivity contribution is 7.92. The molecule has 1 aliphatic rings. The van der Waals surface area contributed by atoms with Gasteiger partial charge in [-0.3, -0.25) is 10.1 Å². The van der Waals surface area contributed by atoms with Gasteiger partial charge in [-0.15, -0.1) is 5.10 Å². The number of hydrogen-bond acceptors (Lipinski definition) is 7. The molecular formula is C14H15N3O5S. The van der Waals surface area contributed by atoms with Crippen molar-refractivity contribution in [2.75, 3.05) is 17.7 Å². The summed E-state index contributed by atoms with van der Waals surface area (Å²) in [7, 11) is -3.72. The zero-order valence-corrected chi connectivity index (χ0v) is 13.0. The van der Waals surface area contributed by atoms with E-state index in [0.29, 0.717) is 6.61 Å². The van der Waals surface area contributed by atoms with Crippen molar-refractivity contribution >= 4 is 21.8 Å². The van der Waals surface area contributed by atoms with E-state index in [1.54, 1.807) is 18.2 Å². The zero-order chi connectivity index (χ0) is 16.3. The Labute approximate surface area is 132 Å². The van der Waals surface area contributed by atoms with Crippen LogP contribution >= 0.6 is 0 Å². The number of hydrogen-bond donors (Lipinski definition) is 1. The number of benzene rings is 1. The van der Waals surface area contributed by atoms with Gasteiger partial charge in [-0.05, 0) is 25.0 Å². The molecule has 8 nitrogen and oxygen atoms in total. The Morgan fingerprint density at radius 2 is 2.04 bits per heavy atom. The summed E-state index contributed by atoms with van der Waals surface area (Å²) in [5.74, 6) is -1.16. The quantitative estimate of drug-likeness (QED) is 0.876. The number of anilines is 1. The van der Waals surface area contributed by atoms with Crippen molar-refractivity contribution in [2.24, 2.45) is 0 Å². The number of aromatic nitrogens is 2. The van der Waals surface area contributed by atoms with Gasteiger partial charge in [0.25, 0.3) is 0 Å². The summed E-state index contributed by atoms with van der Waals surface area (Å²) in [6.07, 6.45) is 1.42. The second-order valence-electron chi connectivity index (χ2n) is 5.07. The van der Waals surface area contributed by atoms with E-state index in [1.807, 2.05) is 0 Å². The maximum atomic E-state index is 12.1. The Morgan fingerprint density at radius 1 is 1.26 bits per heavy atom. The van der Waals surface area contributed by atoms with Gasteiger partial charge in [0.1, 0.15) is 11.9 Å². The maximum absolute atomic E-state index is 12.1. The van der Waals surface area contributed by atoms with Gasteiger partial charge in [0.15, 0.2) is 9.84 Å². The first kappa shape index (κ1) is 15.6. The third-order valence-corrected chi connectivity index (χ3v) is 4.95. The monoisotopic (exact) mass is 337 g/mol. The lowest BCUT2D eigenvalue weighted by atomic mass is 10.2. The average Bonchev–Trinajstić information content (AvgIpc) is 3.18. The van der Waals surface area contributed by atoms with Crippen LogP contribution in [-0.4, -0.2) is 36.9 Å². The molecule has 1 fully saturated rings. The van der Waals surface area contributed by atoms with Gasteiger partial charge in [0.05, 0.1) is 4.90 Å². The molecule has 1 unspecified atom stereocenters. The van der Waals surface area contributed by atoms with Crippen LogP contribution in [0.4, 0.5) is 6.01 Å². The van der Waals surface area contributed by atoms with Crippen molar-refractivity contribution < 1.29 is 22.4 Å². The highest BCUT2D eigenvalue weighted by Crippen LogP contribution is 2.28. The molecule has 1 saturated heterocycles. The second kappa shape index (κ2) is 6.47. The minimum atomic E-state index is -3.72. The Hall–Kier alpha value is -2.26. The van der Waals surface area contributed by atoms with Gasteiger partial charge in [-0.1, -0.05) is 23.3 Å². The summed E-state index contributed by atoms with van der Waals surface area (Å²) >= 11 is 0. The Balaban J connectivity index is 1.63. The van der Waals surface area contributed by atoms with Crippen molar-refractivity contribution in [1.82, 2.24) is 10.2 Å². The molecule has 1 aromatic heterocycles. The molecule has 3 rings (SSSR count). The third-order valence-electron chi connectivity index (χ3n) is 3.32. The van der Waals surface area contributed by atoms with Crippen molar-refractivity contribution in [2.45, 2.75) is 23.8 Å². The second-order valence-corrected chi connectivity index (χ2v) is 7.06. The maximum Gasteiger partial charge on any atom is 0.322 e. The van der Waals surface area contributed by atoms with Crippen LogP contribution in [-0.2, 0) is 19.4 Å². The van der Waals surface area contributed by atoms with Gasteiger partial charge in [0, 0.05) is 6.61 Å². The molecule has 1 aromatic carbocycles. The summed E-state index contributed by atoms with van der Waals surface area (Å²) in [4.78, 5) is 12.0. The van der Waals surface area contributed by atoms with Gasteiger partial charge >= 0.3 is 6.01 Å². The molecule has 1 amide bonds. The number of sulfone groups is 1. The van der Waals surface area contributed by atoms with Crippen LogP contribution in [0.3, 0.4) is 0 Å². The van der Waals surface area contributed by atoms with E-state index < -0.39 is 21.5 Å². The van der Waals surface area contributed by atoms with Crippen molar-refractivity contribution in [3.05, 3.63) is 36.2 Å². The first-order valence-corrected chi connectivity index (χ1v) is 8.72. The van der Waals surface area contributed by atoms with E-state index in [-0.39, 0.29) is 22.9 Å². The smallest absolute Gasteiger partial charge is 0.322 e. The fourth-order valence-electron chi connectivity index (χ4n) is 2.23. The summed E-state index contributed by atoms with van der Waals surface area (Å²) in [6, 6.07) is 7.62. The minimum Gasteiger partial charge on any atom is -0.405 e. The lowest BCUT2D eigenvalue weighted by Gasteiger charge is -2.04. The van der Waals surface area contributed by atoms with Gasteiger partial charge in [-0.2, -0.15) is 0 Å². The highest BCUT2D eigenvalue weighted by atomic mass is 32.2. The van der Waals surface area contributed by atoms with Crippen LogP contribution in [0.1, 0.15) is 24.8 Å². The lowest BCUT2D eigenvalue weighted by molar-refractivity contribution is -0.114. The van der Waals surface area contributed by atoms with Crippen LogP contribution in [0, 0.1) is 0 Å². The molecule has 0 bridgehead atoms. The lowest BCUT2D eigenvalue weighted by Crippen LogP contribution is -2.23. The Bertz CT molecular complexity index is 782. The molecule has 2 aromatic rings. The molecule has 1 aliphatic heterocycles. The predicted molar refractivity (Wildman–Crippen MR) is 79.3 cm³/mol. The predicted octanol–water partition coefficient (Wildman–Crippen LogP) is 1.33. The first-order valence-electron chi connectivity index (χ1n) is 7.07. The molecule has 23 heavy (non-hydrogen) atoms. The van der Waals surface area contributed by atoms with E-state index in [2.05, 4.69) is 15.5 Å². The normalized spacial score (nSPS) is 18.0. The fourth-order valence-corrected chi connectivity index (χ4v) is 3.38. The molecule has 0 aliphatic carbocycles. The van der Waals surface area contributed by atoms with E-state index >= 15 is 0 Å². The van der Waals surface area contributed by atoms with Crippen molar-refractivity contribution in [3.8, 4) is 0 Å². The molecule has 1 N–H and O–H groups in total. The largest absolute Gasteiger partial charge is 0.405 e. The zero-order valence-electron chi connectivity index (χ0n) is 12.1. The first-order chi connectivity index (χ1) is 11.0. The molecule has 1 atom stereocenters. The topological polar surface area (TPSA) is 111 Å². The molecule has 0 radical (unpaired) electrons. The van der Waals surface area contributed by atoms with E-state index in [9.17, 15) is 13.2 Å². The van der Waals surface area contributed by atoms with Gasteiger partial charge in [0.2, 0.25) is 11.8 Å². The Morgan fingerprint density at radius 3 is 2.74 bits per heavy atom. The molecular weight excluding hydrogens is 322 g/mol. The SMILES string of the molecule is O=C(CS(=O)(=O)c1ccccc1)Nc1nnc(C2CCCO2)o1.